The van der Waals surface area contributed by atoms with Crippen molar-refractivity contribution in [3.05, 3.63) is 29.3 Å². The first-order valence-electron chi connectivity index (χ1n) is 7.28. The van der Waals surface area contributed by atoms with Gasteiger partial charge in [0.2, 0.25) is 0 Å². The zero-order chi connectivity index (χ0) is 13.8. The minimum Gasteiger partial charge on any atom is -0.325 e. The number of anilines is 1. The largest absolute Gasteiger partial charge is 0.325 e. The number of piperidine rings is 1. The molecular formula is C16H25N2O+. The molecule has 0 radical (unpaired) electrons. The Morgan fingerprint density at radius 1 is 1.37 bits per heavy atom. The van der Waals surface area contributed by atoms with Gasteiger partial charge < -0.3 is 10.2 Å². The van der Waals surface area contributed by atoms with Gasteiger partial charge in [-0.1, -0.05) is 12.1 Å². The lowest BCUT2D eigenvalue weighted by Crippen LogP contribution is -3.17. The molecule has 1 fully saturated rings. The summed E-state index contributed by atoms with van der Waals surface area (Å²) in [4.78, 5) is 13.6. The van der Waals surface area contributed by atoms with Gasteiger partial charge in [0.05, 0.1) is 12.6 Å². The Morgan fingerprint density at radius 2 is 2.16 bits per heavy atom. The molecule has 0 bridgehead atoms. The average molecular weight is 261 g/mol. The normalized spacial score (nSPS) is 23.1. The van der Waals surface area contributed by atoms with Crippen LogP contribution in [0.3, 0.4) is 0 Å². The fraction of sp³-hybridized carbons (Fsp3) is 0.562. The Kier molecular flexibility index (Phi) is 4.59. The highest BCUT2D eigenvalue weighted by Crippen LogP contribution is 2.17. The smallest absolute Gasteiger partial charge is 0.279 e. The third kappa shape index (κ3) is 3.57. The van der Waals surface area contributed by atoms with E-state index >= 15 is 0 Å². The predicted molar refractivity (Wildman–Crippen MR) is 78.6 cm³/mol. The molecule has 2 N–H and O–H groups in total. The van der Waals surface area contributed by atoms with Gasteiger partial charge in [-0.05, 0) is 57.2 Å². The molecule has 1 saturated heterocycles. The fourth-order valence-electron chi connectivity index (χ4n) is 2.80. The molecule has 0 aliphatic carbocycles. The van der Waals surface area contributed by atoms with E-state index in [1.807, 2.05) is 12.1 Å². The van der Waals surface area contributed by atoms with Crippen molar-refractivity contribution >= 4 is 11.6 Å². The van der Waals surface area contributed by atoms with Crippen LogP contribution >= 0.6 is 0 Å². The van der Waals surface area contributed by atoms with Gasteiger partial charge in [0.15, 0.2) is 6.54 Å². The lowest BCUT2D eigenvalue weighted by atomic mass is 10.0. The zero-order valence-electron chi connectivity index (χ0n) is 12.3. The van der Waals surface area contributed by atoms with Gasteiger partial charge in [0, 0.05) is 5.69 Å². The van der Waals surface area contributed by atoms with Crippen molar-refractivity contribution < 1.29 is 9.69 Å². The predicted octanol–water partition coefficient (Wildman–Crippen LogP) is 1.70. The number of aryl methyl sites for hydroxylation is 1. The summed E-state index contributed by atoms with van der Waals surface area (Å²) in [7, 11) is 0. The Bertz CT molecular complexity index is 456. The molecule has 1 aliphatic heterocycles. The van der Waals surface area contributed by atoms with Crippen molar-refractivity contribution in [1.29, 1.82) is 0 Å². The van der Waals surface area contributed by atoms with Gasteiger partial charge in [-0.2, -0.15) is 0 Å². The van der Waals surface area contributed by atoms with Gasteiger partial charge in [-0.15, -0.1) is 0 Å². The summed E-state index contributed by atoms with van der Waals surface area (Å²) in [6, 6.07) is 6.66. The van der Waals surface area contributed by atoms with Gasteiger partial charge in [0.25, 0.3) is 5.91 Å². The number of benzene rings is 1. The first-order valence-corrected chi connectivity index (χ1v) is 7.28. The maximum atomic E-state index is 12.2. The lowest BCUT2D eigenvalue weighted by molar-refractivity contribution is -0.920. The van der Waals surface area contributed by atoms with E-state index in [1.54, 1.807) is 0 Å². The van der Waals surface area contributed by atoms with Crippen molar-refractivity contribution in [2.45, 2.75) is 46.1 Å². The molecule has 0 spiro atoms. The molecule has 1 unspecified atom stereocenters. The third-order valence-electron chi connectivity index (χ3n) is 4.35. The van der Waals surface area contributed by atoms with Crippen LogP contribution in [0.4, 0.5) is 5.69 Å². The Morgan fingerprint density at radius 3 is 2.89 bits per heavy atom. The fourth-order valence-corrected chi connectivity index (χ4v) is 2.80. The number of carbonyl (C=O) groups is 1. The van der Waals surface area contributed by atoms with Crippen molar-refractivity contribution in [2.75, 3.05) is 18.4 Å². The van der Waals surface area contributed by atoms with Crippen LogP contribution in [0, 0.1) is 13.8 Å². The van der Waals surface area contributed by atoms with Crippen LogP contribution in [0.15, 0.2) is 18.2 Å². The quantitative estimate of drug-likeness (QED) is 0.853. The molecule has 104 valence electrons. The molecule has 1 aromatic rings. The minimum atomic E-state index is 0.137. The number of carbonyl (C=O) groups excluding carboxylic acids is 1. The van der Waals surface area contributed by atoms with Gasteiger partial charge in [-0.3, -0.25) is 4.79 Å². The van der Waals surface area contributed by atoms with E-state index in [9.17, 15) is 4.79 Å². The van der Waals surface area contributed by atoms with E-state index in [-0.39, 0.29) is 5.91 Å². The standard InChI is InChI=1S/C16H24N2O/c1-12-7-6-9-15(14(12)3)17-16(19)11-18-10-5-4-8-13(18)2/h6-7,9,13H,4-5,8,10-11H2,1-3H3,(H,17,19)/p+1/t13-/m0/s1. The van der Waals surface area contributed by atoms with Crippen molar-refractivity contribution in [3.8, 4) is 0 Å². The van der Waals surface area contributed by atoms with Crippen LogP contribution in [0.1, 0.15) is 37.3 Å². The summed E-state index contributed by atoms with van der Waals surface area (Å²) in [6.45, 7) is 8.10. The first-order chi connectivity index (χ1) is 9.08. The second kappa shape index (κ2) is 6.20. The number of likely N-dealkylation sites (tertiary alicyclic amines) is 1. The molecule has 1 aliphatic rings. The molecule has 1 heterocycles. The van der Waals surface area contributed by atoms with Crippen LogP contribution in [0.5, 0.6) is 0 Å². The number of nitrogens with one attached hydrogen (secondary N) is 2. The summed E-state index contributed by atoms with van der Waals surface area (Å²) < 4.78 is 0. The monoisotopic (exact) mass is 261 g/mol. The minimum absolute atomic E-state index is 0.137. The molecule has 0 aromatic heterocycles. The highest BCUT2D eigenvalue weighted by atomic mass is 16.2. The number of hydrogen-bond acceptors (Lipinski definition) is 1. The van der Waals surface area contributed by atoms with E-state index in [4.69, 9.17) is 0 Å². The summed E-state index contributed by atoms with van der Waals surface area (Å²) in [5.74, 6) is 0.137. The number of quaternary nitrogens is 1. The molecule has 1 amide bonds. The maximum absolute atomic E-state index is 12.2. The Balaban J connectivity index is 1.95. The number of rotatable bonds is 3. The first kappa shape index (κ1) is 14.1. The molecule has 3 heteroatoms. The van der Waals surface area contributed by atoms with Crippen LogP contribution < -0.4 is 10.2 Å². The Hall–Kier alpha value is -1.35. The molecule has 0 saturated carbocycles. The molecule has 2 atom stereocenters. The molecular weight excluding hydrogens is 236 g/mol. The highest BCUT2D eigenvalue weighted by molar-refractivity contribution is 5.92. The molecule has 1 aromatic carbocycles. The van der Waals surface area contributed by atoms with Crippen molar-refractivity contribution in [1.82, 2.24) is 0 Å². The van der Waals surface area contributed by atoms with E-state index in [0.29, 0.717) is 12.6 Å². The van der Waals surface area contributed by atoms with E-state index < -0.39 is 0 Å². The lowest BCUT2D eigenvalue weighted by Gasteiger charge is -2.29. The number of hydrogen-bond donors (Lipinski definition) is 2. The van der Waals surface area contributed by atoms with E-state index in [1.165, 1.54) is 29.7 Å². The Labute approximate surface area is 116 Å². The summed E-state index contributed by atoms with van der Waals surface area (Å²) in [5.41, 5.74) is 3.34. The molecule has 19 heavy (non-hydrogen) atoms. The van der Waals surface area contributed by atoms with Crippen LogP contribution in [0.25, 0.3) is 0 Å². The summed E-state index contributed by atoms with van der Waals surface area (Å²) in [6.07, 6.45) is 3.80. The van der Waals surface area contributed by atoms with Crippen LogP contribution in [-0.2, 0) is 4.79 Å². The summed E-state index contributed by atoms with van der Waals surface area (Å²) in [5, 5.41) is 3.06. The van der Waals surface area contributed by atoms with Crippen LogP contribution in [-0.4, -0.2) is 25.0 Å². The average Bonchev–Trinajstić information content (AvgIpc) is 2.38. The van der Waals surface area contributed by atoms with E-state index in [2.05, 4.69) is 32.2 Å². The van der Waals surface area contributed by atoms with Gasteiger partial charge in [0.1, 0.15) is 0 Å². The molecule has 3 nitrogen and oxygen atoms in total. The third-order valence-corrected chi connectivity index (χ3v) is 4.35. The van der Waals surface area contributed by atoms with E-state index in [0.717, 1.165) is 17.8 Å². The van der Waals surface area contributed by atoms with Gasteiger partial charge in [-0.25, -0.2) is 0 Å². The van der Waals surface area contributed by atoms with Gasteiger partial charge >= 0.3 is 0 Å². The summed E-state index contributed by atoms with van der Waals surface area (Å²) >= 11 is 0. The molecule has 2 rings (SSSR count). The van der Waals surface area contributed by atoms with Crippen LogP contribution in [0.2, 0.25) is 0 Å². The highest BCUT2D eigenvalue weighted by Gasteiger charge is 2.24. The van der Waals surface area contributed by atoms with Crippen molar-refractivity contribution in [2.24, 2.45) is 0 Å². The maximum Gasteiger partial charge on any atom is 0.279 e. The van der Waals surface area contributed by atoms with Crippen molar-refractivity contribution in [3.63, 3.8) is 0 Å². The number of amides is 1. The SMILES string of the molecule is Cc1cccc(NC(=O)C[NH+]2CCCC[C@@H]2C)c1C. The zero-order valence-corrected chi connectivity index (χ0v) is 12.3. The topological polar surface area (TPSA) is 33.5 Å². The second-order valence-corrected chi connectivity index (χ2v) is 5.78. The second-order valence-electron chi connectivity index (χ2n) is 5.78.